The molecule has 37 heavy (non-hydrogen) atoms. The highest BCUT2D eigenvalue weighted by Crippen LogP contribution is 2.69. The average Bonchev–Trinajstić information content (AvgIpc) is 3.21. The van der Waals surface area contributed by atoms with Gasteiger partial charge in [0.2, 0.25) is 0 Å². The van der Waals surface area contributed by atoms with E-state index in [1.54, 1.807) is 5.57 Å². The molecule has 0 bridgehead atoms. The number of hydrogen-bond acceptors (Lipinski definition) is 2. The summed E-state index contributed by atoms with van der Waals surface area (Å²) in [6.07, 6.45) is 16.2. The third-order valence-corrected chi connectivity index (χ3v) is 13.1. The van der Waals surface area contributed by atoms with Crippen LogP contribution in [0.3, 0.4) is 0 Å². The summed E-state index contributed by atoms with van der Waals surface area (Å²) in [6, 6.07) is 0. The number of allylic oxidation sites excluding steroid dienone is 2. The third kappa shape index (κ3) is 5.35. The van der Waals surface area contributed by atoms with Crippen LogP contribution in [0.15, 0.2) is 11.6 Å². The van der Waals surface area contributed by atoms with Crippen LogP contribution in [-0.4, -0.2) is 12.1 Å². The van der Waals surface area contributed by atoms with Crippen molar-refractivity contribution in [3.05, 3.63) is 11.6 Å². The van der Waals surface area contributed by atoms with Crippen molar-refractivity contribution in [3.63, 3.8) is 0 Å². The molecule has 11 atom stereocenters. The summed E-state index contributed by atoms with van der Waals surface area (Å²) in [5.74, 6) is 6.90. The van der Waals surface area contributed by atoms with Crippen LogP contribution in [0.25, 0.3) is 0 Å². The first-order chi connectivity index (χ1) is 17.4. The van der Waals surface area contributed by atoms with Crippen molar-refractivity contribution in [3.8, 4) is 0 Å². The van der Waals surface area contributed by atoms with Crippen LogP contribution in [0.5, 0.6) is 0 Å². The molecule has 0 saturated heterocycles. The molecule has 4 aliphatic carbocycles. The number of carbonyl (C=O) groups is 1. The minimum Gasteiger partial charge on any atom is -0.462 e. The Morgan fingerprint density at radius 2 is 1.57 bits per heavy atom. The summed E-state index contributed by atoms with van der Waals surface area (Å²) < 4.78 is 6.08. The van der Waals surface area contributed by atoms with Gasteiger partial charge in [0.05, 0.1) is 0 Å². The predicted octanol–water partition coefficient (Wildman–Crippen LogP) is 9.87. The van der Waals surface area contributed by atoms with Crippen LogP contribution in [0.2, 0.25) is 0 Å². The van der Waals surface area contributed by atoms with Gasteiger partial charge in [-0.3, -0.25) is 4.79 Å². The smallest absolute Gasteiger partial charge is 0.306 e. The zero-order valence-corrected chi connectivity index (χ0v) is 25.9. The number of esters is 1. The number of carbonyl (C=O) groups excluding carboxylic acids is 1. The molecule has 212 valence electrons. The minimum absolute atomic E-state index is 0.0441. The van der Waals surface area contributed by atoms with Gasteiger partial charge >= 0.3 is 5.97 Å². The van der Waals surface area contributed by atoms with Gasteiger partial charge in [0.15, 0.2) is 0 Å². The second-order valence-corrected chi connectivity index (χ2v) is 15.1. The number of unbranched alkanes of at least 4 members (excludes halogenated alkanes) is 1. The van der Waals surface area contributed by atoms with Crippen molar-refractivity contribution in [2.75, 3.05) is 0 Å². The van der Waals surface area contributed by atoms with Gasteiger partial charge in [-0.15, -0.1) is 0 Å². The molecule has 0 N–H and O–H groups in total. The first-order valence-corrected chi connectivity index (χ1v) is 16.3. The van der Waals surface area contributed by atoms with Crippen molar-refractivity contribution < 1.29 is 9.53 Å². The van der Waals surface area contributed by atoms with Crippen LogP contribution in [0.1, 0.15) is 133 Å². The van der Waals surface area contributed by atoms with E-state index < -0.39 is 0 Å². The predicted molar refractivity (Wildman–Crippen MR) is 156 cm³/mol. The molecule has 2 nitrogen and oxygen atoms in total. The highest BCUT2D eigenvalue weighted by Gasteiger charge is 2.61. The van der Waals surface area contributed by atoms with E-state index in [1.165, 1.54) is 44.9 Å². The third-order valence-electron chi connectivity index (χ3n) is 13.1. The Hall–Kier alpha value is -0.790. The summed E-state index contributed by atoms with van der Waals surface area (Å²) in [7, 11) is 0. The first-order valence-electron chi connectivity index (χ1n) is 16.3. The topological polar surface area (TPSA) is 26.3 Å². The maximum Gasteiger partial charge on any atom is 0.306 e. The van der Waals surface area contributed by atoms with E-state index in [2.05, 4.69) is 68.4 Å². The molecule has 0 aliphatic heterocycles. The largest absolute Gasteiger partial charge is 0.462 e. The van der Waals surface area contributed by atoms with Gasteiger partial charge in [0.25, 0.3) is 0 Å². The Balaban J connectivity index is 1.46. The fourth-order valence-electron chi connectivity index (χ4n) is 10.5. The van der Waals surface area contributed by atoms with Gasteiger partial charge in [-0.2, -0.15) is 0 Å². The Morgan fingerprint density at radius 3 is 2.24 bits per heavy atom. The van der Waals surface area contributed by atoms with E-state index in [1.807, 2.05) is 0 Å². The standard InChI is InChI=1S/C35H60O2/c1-10-11-12-33(36)37-32-18-20-35(9)29(26(32)7)14-13-27-30-16-15-28(34(30,8)19-17-31(27)35)24(5)21-23(4)25(6)22(2)3/h21-22,24-32H,10-20H2,1-9H3/b23-21+/t24-,25-,26+,27+,28-,29+,30+,31+,32+,34-,35+/m1/s1. The molecule has 0 aromatic rings. The fraction of sp³-hybridized carbons (Fsp3) is 0.914. The Kier molecular flexibility index (Phi) is 8.97. The van der Waals surface area contributed by atoms with E-state index in [-0.39, 0.29) is 12.1 Å². The summed E-state index contributed by atoms with van der Waals surface area (Å²) in [5, 5.41) is 0. The summed E-state index contributed by atoms with van der Waals surface area (Å²) in [6.45, 7) is 22.0. The van der Waals surface area contributed by atoms with Crippen molar-refractivity contribution in [1.29, 1.82) is 0 Å². The molecule has 0 aromatic carbocycles. The van der Waals surface area contributed by atoms with E-state index in [4.69, 9.17) is 4.74 Å². The zero-order valence-electron chi connectivity index (χ0n) is 25.9. The molecule has 4 rings (SSSR count). The Labute approximate surface area is 230 Å². The number of fused-ring (bicyclic) bond motifs is 5. The number of hydrogen-bond donors (Lipinski definition) is 0. The van der Waals surface area contributed by atoms with E-state index in [9.17, 15) is 4.79 Å². The molecule has 4 fully saturated rings. The lowest BCUT2D eigenvalue weighted by Crippen LogP contribution is -2.56. The molecule has 0 unspecified atom stereocenters. The lowest BCUT2D eigenvalue weighted by molar-refractivity contribution is -0.174. The Bertz CT molecular complexity index is 827. The van der Waals surface area contributed by atoms with Gasteiger partial charge < -0.3 is 4.74 Å². The van der Waals surface area contributed by atoms with Crippen LogP contribution < -0.4 is 0 Å². The van der Waals surface area contributed by atoms with Gasteiger partial charge in [-0.25, -0.2) is 0 Å². The van der Waals surface area contributed by atoms with Crippen molar-refractivity contribution in [2.45, 2.75) is 139 Å². The monoisotopic (exact) mass is 512 g/mol. The minimum atomic E-state index is 0.0441. The first kappa shape index (κ1) is 29.2. The molecule has 2 heteroatoms. The molecule has 0 radical (unpaired) electrons. The lowest BCUT2D eigenvalue weighted by atomic mass is 9.43. The van der Waals surface area contributed by atoms with Crippen LogP contribution in [0, 0.1) is 64.1 Å². The molecule has 0 spiro atoms. The highest BCUT2D eigenvalue weighted by atomic mass is 16.5. The SMILES string of the molecule is CCCCC(=O)O[C@H]1CC[C@@]2(C)[C@@H](CC[C@@H]3[C@@H]2CC[C@]2(C)[C@@H]([C@H](C)/C=C(\C)[C@H](C)C(C)C)CC[C@@H]32)[C@@H]1C. The summed E-state index contributed by atoms with van der Waals surface area (Å²) in [5.41, 5.74) is 2.56. The van der Waals surface area contributed by atoms with Gasteiger partial charge in [0.1, 0.15) is 6.10 Å². The van der Waals surface area contributed by atoms with Crippen LogP contribution in [0.4, 0.5) is 0 Å². The normalized spacial score (nSPS) is 43.5. The molecule has 0 aromatic heterocycles. The fourth-order valence-corrected chi connectivity index (χ4v) is 10.5. The van der Waals surface area contributed by atoms with Crippen molar-refractivity contribution in [2.24, 2.45) is 64.1 Å². The lowest BCUT2D eigenvalue weighted by Gasteiger charge is -2.62. The van der Waals surface area contributed by atoms with Crippen molar-refractivity contribution >= 4 is 5.97 Å². The zero-order chi connectivity index (χ0) is 27.1. The van der Waals surface area contributed by atoms with E-state index in [0.29, 0.717) is 35.0 Å². The maximum atomic E-state index is 12.4. The summed E-state index contributed by atoms with van der Waals surface area (Å²) in [4.78, 5) is 12.4. The molecule has 4 saturated carbocycles. The van der Waals surface area contributed by atoms with Crippen molar-refractivity contribution in [1.82, 2.24) is 0 Å². The average molecular weight is 513 g/mol. The maximum absolute atomic E-state index is 12.4. The van der Waals surface area contributed by atoms with E-state index in [0.717, 1.165) is 54.8 Å². The number of ether oxygens (including phenoxy) is 1. The molecular formula is C35H60O2. The molecule has 4 aliphatic rings. The Morgan fingerprint density at radius 1 is 0.919 bits per heavy atom. The second-order valence-electron chi connectivity index (χ2n) is 15.1. The molecule has 0 heterocycles. The molecule has 0 amide bonds. The highest BCUT2D eigenvalue weighted by molar-refractivity contribution is 5.69. The number of rotatable bonds is 8. The van der Waals surface area contributed by atoms with Gasteiger partial charge in [0, 0.05) is 6.42 Å². The summed E-state index contributed by atoms with van der Waals surface area (Å²) >= 11 is 0. The quantitative estimate of drug-likeness (QED) is 0.239. The molecular weight excluding hydrogens is 452 g/mol. The van der Waals surface area contributed by atoms with E-state index >= 15 is 0 Å². The van der Waals surface area contributed by atoms with Crippen LogP contribution >= 0.6 is 0 Å². The van der Waals surface area contributed by atoms with Crippen LogP contribution in [-0.2, 0) is 9.53 Å². The van der Waals surface area contributed by atoms with Gasteiger partial charge in [-0.1, -0.05) is 73.5 Å². The van der Waals surface area contributed by atoms with Gasteiger partial charge in [-0.05, 0) is 129 Å². The second kappa shape index (κ2) is 11.4.